The van der Waals surface area contributed by atoms with Gasteiger partial charge < -0.3 is 5.32 Å². The molecule has 2 aromatic rings. The summed E-state index contributed by atoms with van der Waals surface area (Å²) in [7, 11) is 0. The largest absolute Gasteiger partial charge is 0.380 e. The second-order valence-corrected chi connectivity index (χ2v) is 3.96. The fourth-order valence-electron chi connectivity index (χ4n) is 1.42. The van der Waals surface area contributed by atoms with Crippen molar-refractivity contribution in [3.05, 3.63) is 58.9 Å². The van der Waals surface area contributed by atoms with Crippen LogP contribution >= 0.6 is 11.6 Å². The lowest BCUT2D eigenvalue weighted by molar-refractivity contribution is 1.13. The molecule has 1 aromatic carbocycles. The molecule has 0 amide bonds. The number of nitrogens with zero attached hydrogens (tertiary/aromatic N) is 2. The molecule has 1 N–H and O–H groups in total. The van der Waals surface area contributed by atoms with Gasteiger partial charge in [-0.15, -0.1) is 0 Å². The van der Waals surface area contributed by atoms with Crippen molar-refractivity contribution in [3.8, 4) is 6.07 Å². The summed E-state index contributed by atoms with van der Waals surface area (Å²) in [6.07, 6.45) is 1.64. The van der Waals surface area contributed by atoms with Crippen LogP contribution in [0, 0.1) is 11.3 Å². The monoisotopic (exact) mass is 243 g/mol. The molecule has 0 saturated heterocycles. The molecular weight excluding hydrogens is 234 g/mol. The SMILES string of the molecule is N#Cc1ccc(NCc2cccc(Cl)c2)cn1. The quantitative estimate of drug-likeness (QED) is 0.901. The lowest BCUT2D eigenvalue weighted by Gasteiger charge is -2.06. The molecule has 3 nitrogen and oxygen atoms in total. The molecule has 0 saturated carbocycles. The molecule has 0 unspecified atom stereocenters. The summed E-state index contributed by atoms with van der Waals surface area (Å²) in [5, 5.41) is 12.6. The Morgan fingerprint density at radius 1 is 1.29 bits per heavy atom. The molecule has 1 aromatic heterocycles. The maximum Gasteiger partial charge on any atom is 0.140 e. The topological polar surface area (TPSA) is 48.7 Å². The maximum absolute atomic E-state index is 8.62. The molecule has 4 heteroatoms. The van der Waals surface area contributed by atoms with Crippen molar-refractivity contribution in [2.45, 2.75) is 6.54 Å². The third-order valence-corrected chi connectivity index (χ3v) is 2.50. The van der Waals surface area contributed by atoms with Crippen LogP contribution in [0.5, 0.6) is 0 Å². The van der Waals surface area contributed by atoms with E-state index in [2.05, 4.69) is 10.3 Å². The van der Waals surface area contributed by atoms with Crippen LogP contribution < -0.4 is 5.32 Å². The molecule has 0 spiro atoms. The molecule has 17 heavy (non-hydrogen) atoms. The van der Waals surface area contributed by atoms with Crippen molar-refractivity contribution in [3.63, 3.8) is 0 Å². The van der Waals surface area contributed by atoms with Crippen LogP contribution in [0.3, 0.4) is 0 Å². The first kappa shape index (κ1) is 11.4. The molecule has 1 heterocycles. The lowest BCUT2D eigenvalue weighted by atomic mass is 10.2. The molecule has 0 radical (unpaired) electrons. The van der Waals surface area contributed by atoms with E-state index in [9.17, 15) is 0 Å². The van der Waals surface area contributed by atoms with Crippen molar-refractivity contribution in [2.24, 2.45) is 0 Å². The minimum Gasteiger partial charge on any atom is -0.380 e. The number of nitriles is 1. The summed E-state index contributed by atoms with van der Waals surface area (Å²) in [6, 6.07) is 13.1. The van der Waals surface area contributed by atoms with Gasteiger partial charge in [0, 0.05) is 11.6 Å². The van der Waals surface area contributed by atoms with E-state index in [0.717, 1.165) is 16.3 Å². The van der Waals surface area contributed by atoms with Crippen molar-refractivity contribution >= 4 is 17.3 Å². The molecule has 0 aliphatic carbocycles. The zero-order valence-electron chi connectivity index (χ0n) is 9.02. The zero-order valence-corrected chi connectivity index (χ0v) is 9.78. The van der Waals surface area contributed by atoms with Crippen LogP contribution in [-0.4, -0.2) is 4.98 Å². The Morgan fingerprint density at radius 2 is 2.18 bits per heavy atom. The van der Waals surface area contributed by atoms with E-state index < -0.39 is 0 Å². The molecule has 84 valence electrons. The van der Waals surface area contributed by atoms with Gasteiger partial charge in [-0.05, 0) is 29.8 Å². The highest BCUT2D eigenvalue weighted by Gasteiger charge is 1.96. The van der Waals surface area contributed by atoms with E-state index in [1.165, 1.54) is 0 Å². The van der Waals surface area contributed by atoms with Crippen LogP contribution in [0.15, 0.2) is 42.6 Å². The highest BCUT2D eigenvalue weighted by molar-refractivity contribution is 6.30. The van der Waals surface area contributed by atoms with Crippen LogP contribution in [0.2, 0.25) is 5.02 Å². The number of nitrogens with one attached hydrogen (secondary N) is 1. The summed E-state index contributed by atoms with van der Waals surface area (Å²) in [6.45, 7) is 0.675. The number of rotatable bonds is 3. The summed E-state index contributed by atoms with van der Waals surface area (Å²) in [5.74, 6) is 0. The van der Waals surface area contributed by atoms with Gasteiger partial charge in [-0.25, -0.2) is 4.98 Å². The van der Waals surface area contributed by atoms with Crippen LogP contribution in [0.1, 0.15) is 11.3 Å². The molecular formula is C13H10ClN3. The summed E-state index contributed by atoms with van der Waals surface area (Å²) in [4.78, 5) is 3.98. The number of aromatic nitrogens is 1. The van der Waals surface area contributed by atoms with E-state index in [-0.39, 0.29) is 0 Å². The van der Waals surface area contributed by atoms with Crippen molar-refractivity contribution in [1.82, 2.24) is 4.98 Å². The lowest BCUT2D eigenvalue weighted by Crippen LogP contribution is -1.99. The molecule has 2 rings (SSSR count). The molecule has 0 aliphatic rings. The van der Waals surface area contributed by atoms with Gasteiger partial charge in [0.05, 0.1) is 11.9 Å². The number of anilines is 1. The van der Waals surface area contributed by atoms with Gasteiger partial charge in [0.25, 0.3) is 0 Å². The summed E-state index contributed by atoms with van der Waals surface area (Å²) in [5.41, 5.74) is 2.39. The average Bonchev–Trinajstić information content (AvgIpc) is 2.37. The van der Waals surface area contributed by atoms with Crippen molar-refractivity contribution in [1.29, 1.82) is 5.26 Å². The first-order chi connectivity index (χ1) is 8.28. The Bertz CT molecular complexity index is 543. The zero-order chi connectivity index (χ0) is 12.1. The minimum atomic E-state index is 0.415. The van der Waals surface area contributed by atoms with Gasteiger partial charge in [-0.1, -0.05) is 23.7 Å². The van der Waals surface area contributed by atoms with Crippen LogP contribution in [0.4, 0.5) is 5.69 Å². The molecule has 0 atom stereocenters. The van der Waals surface area contributed by atoms with Crippen molar-refractivity contribution in [2.75, 3.05) is 5.32 Å². The second-order valence-electron chi connectivity index (χ2n) is 3.53. The fraction of sp³-hybridized carbons (Fsp3) is 0.0769. The van der Waals surface area contributed by atoms with Gasteiger partial charge in [0.2, 0.25) is 0 Å². The third kappa shape index (κ3) is 3.20. The van der Waals surface area contributed by atoms with E-state index >= 15 is 0 Å². The minimum absolute atomic E-state index is 0.415. The first-order valence-electron chi connectivity index (χ1n) is 5.12. The average molecular weight is 244 g/mol. The third-order valence-electron chi connectivity index (χ3n) is 2.26. The number of halogens is 1. The highest BCUT2D eigenvalue weighted by atomic mass is 35.5. The molecule has 0 fully saturated rings. The predicted octanol–water partition coefficient (Wildman–Crippen LogP) is 3.22. The van der Waals surface area contributed by atoms with Gasteiger partial charge in [0.1, 0.15) is 11.8 Å². The van der Waals surface area contributed by atoms with Crippen LogP contribution in [0.25, 0.3) is 0 Å². The van der Waals surface area contributed by atoms with E-state index in [4.69, 9.17) is 16.9 Å². The smallest absolute Gasteiger partial charge is 0.140 e. The van der Waals surface area contributed by atoms with Gasteiger partial charge in [0.15, 0.2) is 0 Å². The predicted molar refractivity (Wildman–Crippen MR) is 67.7 cm³/mol. The molecule has 0 aliphatic heterocycles. The van der Waals surface area contributed by atoms with Gasteiger partial charge in [-0.3, -0.25) is 0 Å². The van der Waals surface area contributed by atoms with Gasteiger partial charge >= 0.3 is 0 Å². The van der Waals surface area contributed by atoms with Gasteiger partial charge in [-0.2, -0.15) is 5.26 Å². The number of benzene rings is 1. The Hall–Kier alpha value is -2.05. The maximum atomic E-state index is 8.62. The Labute approximate surface area is 105 Å². The van der Waals surface area contributed by atoms with Crippen LogP contribution in [-0.2, 0) is 6.54 Å². The van der Waals surface area contributed by atoms with E-state index in [1.807, 2.05) is 36.4 Å². The first-order valence-corrected chi connectivity index (χ1v) is 5.50. The summed E-state index contributed by atoms with van der Waals surface area (Å²) < 4.78 is 0. The number of hydrogen-bond donors (Lipinski definition) is 1. The number of pyridine rings is 1. The van der Waals surface area contributed by atoms with Crippen molar-refractivity contribution < 1.29 is 0 Å². The second kappa shape index (κ2) is 5.33. The Kier molecular flexibility index (Phi) is 3.59. The van der Waals surface area contributed by atoms with E-state index in [1.54, 1.807) is 12.3 Å². The Balaban J connectivity index is 2.00. The highest BCUT2D eigenvalue weighted by Crippen LogP contribution is 2.13. The molecule has 0 bridgehead atoms. The summed E-state index contributed by atoms with van der Waals surface area (Å²) >= 11 is 5.89. The van der Waals surface area contributed by atoms with E-state index in [0.29, 0.717) is 12.2 Å². The standard InChI is InChI=1S/C13H10ClN3/c14-11-3-1-2-10(6-11)8-16-13-5-4-12(7-15)17-9-13/h1-6,9,16H,8H2. The number of hydrogen-bond acceptors (Lipinski definition) is 3. The fourth-order valence-corrected chi connectivity index (χ4v) is 1.63. The normalized spacial score (nSPS) is 9.65. The Morgan fingerprint density at radius 3 is 2.82 bits per heavy atom.